The van der Waals surface area contributed by atoms with Crippen LogP contribution in [0.15, 0.2) is 24.4 Å². The fourth-order valence-corrected chi connectivity index (χ4v) is 2.55. The Morgan fingerprint density at radius 1 is 1.41 bits per heavy atom. The summed E-state index contributed by atoms with van der Waals surface area (Å²) in [5.74, 6) is 0. The molecule has 0 saturated heterocycles. The fraction of sp³-hybridized carbons (Fsp3) is 0.643. The van der Waals surface area contributed by atoms with E-state index in [1.54, 1.807) is 0 Å². The van der Waals surface area contributed by atoms with Gasteiger partial charge in [-0.15, -0.1) is 0 Å². The van der Waals surface area contributed by atoms with Crippen LogP contribution in [0.2, 0.25) is 0 Å². The van der Waals surface area contributed by atoms with Gasteiger partial charge in [-0.05, 0) is 32.0 Å². The number of aliphatic hydroxyl groups is 1. The molecular formula is C14H22N2O. The van der Waals surface area contributed by atoms with Gasteiger partial charge in [-0.3, -0.25) is 4.98 Å². The molecule has 1 aromatic heterocycles. The molecule has 1 aromatic rings. The van der Waals surface area contributed by atoms with Crippen molar-refractivity contribution in [2.24, 2.45) is 5.41 Å². The maximum Gasteiger partial charge on any atom is 0.0499 e. The summed E-state index contributed by atoms with van der Waals surface area (Å²) in [5.41, 5.74) is 1.34. The maximum atomic E-state index is 9.43. The van der Waals surface area contributed by atoms with Crippen molar-refractivity contribution >= 4 is 0 Å². The molecule has 1 heterocycles. The summed E-state index contributed by atoms with van der Waals surface area (Å²) in [5, 5.41) is 9.43. The molecule has 0 aliphatic heterocycles. The van der Waals surface area contributed by atoms with Gasteiger partial charge in [0.25, 0.3) is 0 Å². The predicted octanol–water partition coefficient (Wildman–Crippen LogP) is 1.72. The zero-order valence-corrected chi connectivity index (χ0v) is 10.6. The van der Waals surface area contributed by atoms with Gasteiger partial charge in [0.05, 0.1) is 0 Å². The van der Waals surface area contributed by atoms with Crippen LogP contribution in [0.4, 0.5) is 0 Å². The third kappa shape index (κ3) is 3.27. The lowest BCUT2D eigenvalue weighted by Crippen LogP contribution is -2.44. The number of rotatable bonds is 6. The van der Waals surface area contributed by atoms with Crippen LogP contribution in [0.3, 0.4) is 0 Å². The summed E-state index contributed by atoms with van der Waals surface area (Å²) < 4.78 is 0. The van der Waals surface area contributed by atoms with E-state index >= 15 is 0 Å². The van der Waals surface area contributed by atoms with Crippen LogP contribution in [0, 0.1) is 5.41 Å². The number of nitrogens with zero attached hydrogens (tertiary/aromatic N) is 2. The number of hydrogen-bond donors (Lipinski definition) is 1. The van der Waals surface area contributed by atoms with Gasteiger partial charge in [0.1, 0.15) is 0 Å². The zero-order valence-electron chi connectivity index (χ0n) is 10.6. The summed E-state index contributed by atoms with van der Waals surface area (Å²) in [4.78, 5) is 6.65. The number of pyridine rings is 1. The van der Waals surface area contributed by atoms with E-state index in [1.165, 1.54) is 19.3 Å². The molecule has 1 fully saturated rings. The molecule has 2 rings (SSSR count). The predicted molar refractivity (Wildman–Crippen MR) is 68.8 cm³/mol. The Bertz CT molecular complexity index is 330. The van der Waals surface area contributed by atoms with E-state index in [9.17, 15) is 5.11 Å². The highest BCUT2D eigenvalue weighted by atomic mass is 16.3. The number of hydrogen-bond acceptors (Lipinski definition) is 3. The van der Waals surface area contributed by atoms with E-state index in [-0.39, 0.29) is 5.41 Å². The van der Waals surface area contributed by atoms with Gasteiger partial charge in [0.2, 0.25) is 0 Å². The summed E-state index contributed by atoms with van der Waals surface area (Å²) >= 11 is 0. The van der Waals surface area contributed by atoms with Crippen LogP contribution < -0.4 is 0 Å². The lowest BCUT2D eigenvalue weighted by molar-refractivity contribution is 0.0148. The van der Waals surface area contributed by atoms with Crippen LogP contribution in [-0.4, -0.2) is 41.7 Å². The van der Waals surface area contributed by atoms with Gasteiger partial charge >= 0.3 is 0 Å². The Balaban J connectivity index is 1.76. The van der Waals surface area contributed by atoms with Crippen molar-refractivity contribution in [3.05, 3.63) is 30.1 Å². The van der Waals surface area contributed by atoms with E-state index in [0.717, 1.165) is 25.2 Å². The summed E-state index contributed by atoms with van der Waals surface area (Å²) in [6.07, 6.45) is 6.46. The second-order valence-corrected chi connectivity index (χ2v) is 5.32. The van der Waals surface area contributed by atoms with E-state index < -0.39 is 0 Å². The van der Waals surface area contributed by atoms with Crippen molar-refractivity contribution in [3.8, 4) is 0 Å². The van der Waals surface area contributed by atoms with Crippen LogP contribution in [0.5, 0.6) is 0 Å². The number of likely N-dealkylation sites (N-methyl/N-ethyl adjacent to an activating group) is 1. The summed E-state index contributed by atoms with van der Waals surface area (Å²) in [6.45, 7) is 2.36. The first-order chi connectivity index (χ1) is 8.24. The van der Waals surface area contributed by atoms with Gasteiger partial charge < -0.3 is 10.0 Å². The van der Waals surface area contributed by atoms with Gasteiger partial charge in [-0.25, -0.2) is 0 Å². The molecule has 0 amide bonds. The minimum Gasteiger partial charge on any atom is -0.396 e. The average molecular weight is 234 g/mol. The van der Waals surface area contributed by atoms with Crippen LogP contribution in [0.1, 0.15) is 25.0 Å². The normalized spacial score (nSPS) is 18.1. The van der Waals surface area contributed by atoms with Crippen LogP contribution in [0.25, 0.3) is 0 Å². The Hall–Kier alpha value is -0.930. The largest absolute Gasteiger partial charge is 0.396 e. The molecule has 0 spiro atoms. The Labute approximate surface area is 103 Å². The molecule has 0 radical (unpaired) electrons. The van der Waals surface area contributed by atoms with E-state index in [1.807, 2.05) is 18.3 Å². The monoisotopic (exact) mass is 234 g/mol. The highest BCUT2D eigenvalue weighted by Crippen LogP contribution is 2.40. The van der Waals surface area contributed by atoms with Crippen molar-refractivity contribution in [3.63, 3.8) is 0 Å². The minimum atomic E-state index is 0.193. The van der Waals surface area contributed by atoms with Crippen molar-refractivity contribution in [1.29, 1.82) is 0 Å². The lowest BCUT2D eigenvalue weighted by Gasteiger charge is -2.43. The molecular weight excluding hydrogens is 212 g/mol. The molecule has 1 aliphatic carbocycles. The second kappa shape index (κ2) is 5.61. The highest BCUT2D eigenvalue weighted by molar-refractivity contribution is 5.03. The summed E-state index contributed by atoms with van der Waals surface area (Å²) in [7, 11) is 2.14. The van der Waals surface area contributed by atoms with Gasteiger partial charge in [-0.1, -0.05) is 12.5 Å². The Morgan fingerprint density at radius 2 is 2.24 bits per heavy atom. The number of aromatic nitrogens is 1. The lowest BCUT2D eigenvalue weighted by atomic mass is 9.69. The van der Waals surface area contributed by atoms with Crippen molar-refractivity contribution < 1.29 is 5.11 Å². The maximum absolute atomic E-state index is 9.43. The van der Waals surface area contributed by atoms with E-state index in [4.69, 9.17) is 0 Å². The first-order valence-electron chi connectivity index (χ1n) is 6.43. The zero-order chi connectivity index (χ0) is 12.1. The van der Waals surface area contributed by atoms with Gasteiger partial charge in [0.15, 0.2) is 0 Å². The first kappa shape index (κ1) is 12.5. The Morgan fingerprint density at radius 3 is 2.76 bits per heavy atom. The Kier molecular flexibility index (Phi) is 4.13. The molecule has 0 aromatic carbocycles. The van der Waals surface area contributed by atoms with Gasteiger partial charge in [-0.2, -0.15) is 0 Å². The number of aliphatic hydroxyl groups excluding tert-OH is 1. The quantitative estimate of drug-likeness (QED) is 0.814. The topological polar surface area (TPSA) is 36.4 Å². The summed E-state index contributed by atoms with van der Waals surface area (Å²) in [6, 6.07) is 6.05. The second-order valence-electron chi connectivity index (χ2n) is 5.32. The molecule has 94 valence electrons. The third-order valence-corrected chi connectivity index (χ3v) is 3.83. The minimum absolute atomic E-state index is 0.193. The molecule has 0 atom stereocenters. The molecule has 1 N–H and O–H groups in total. The highest BCUT2D eigenvalue weighted by Gasteiger charge is 2.36. The SMILES string of the molecule is CN(CCc1ccccn1)CC1(CO)CCC1. The molecule has 3 heteroatoms. The van der Waals surface area contributed by atoms with E-state index in [0.29, 0.717) is 6.61 Å². The standard InChI is InChI=1S/C14H22N2O/c1-16(11-14(12-17)7-4-8-14)10-6-13-5-2-3-9-15-13/h2-3,5,9,17H,4,6-8,10-12H2,1H3. The molecule has 1 aliphatic rings. The molecule has 3 nitrogen and oxygen atoms in total. The van der Waals surface area contributed by atoms with Crippen LogP contribution >= 0.6 is 0 Å². The average Bonchev–Trinajstić information content (AvgIpc) is 2.33. The van der Waals surface area contributed by atoms with E-state index in [2.05, 4.69) is 23.0 Å². The fourth-order valence-electron chi connectivity index (χ4n) is 2.55. The van der Waals surface area contributed by atoms with Crippen molar-refractivity contribution in [2.45, 2.75) is 25.7 Å². The third-order valence-electron chi connectivity index (χ3n) is 3.83. The molecule has 0 unspecified atom stereocenters. The molecule has 17 heavy (non-hydrogen) atoms. The van der Waals surface area contributed by atoms with Crippen LogP contribution in [-0.2, 0) is 6.42 Å². The first-order valence-corrected chi connectivity index (χ1v) is 6.43. The van der Waals surface area contributed by atoms with Crippen molar-refractivity contribution in [2.75, 3.05) is 26.7 Å². The smallest absolute Gasteiger partial charge is 0.0499 e. The molecule has 1 saturated carbocycles. The molecule has 0 bridgehead atoms. The van der Waals surface area contributed by atoms with Crippen molar-refractivity contribution in [1.82, 2.24) is 9.88 Å². The van der Waals surface area contributed by atoms with Gasteiger partial charge in [0, 0.05) is 43.4 Å².